The summed E-state index contributed by atoms with van der Waals surface area (Å²) >= 11 is 0. The van der Waals surface area contributed by atoms with Crippen LogP contribution in [0.1, 0.15) is 56.2 Å². The zero-order valence-electron chi connectivity index (χ0n) is 15.4. The van der Waals surface area contributed by atoms with Crippen LogP contribution in [0.25, 0.3) is 0 Å². The van der Waals surface area contributed by atoms with Crippen molar-refractivity contribution in [1.29, 1.82) is 0 Å². The molecule has 25 heavy (non-hydrogen) atoms. The summed E-state index contributed by atoms with van der Waals surface area (Å²) in [5.41, 5.74) is 0.963. The molecular formula is C17H27N7O. The van der Waals surface area contributed by atoms with Crippen LogP contribution in [0.2, 0.25) is 0 Å². The number of aromatic nitrogens is 4. The normalized spacial score (nSPS) is 17.6. The van der Waals surface area contributed by atoms with E-state index in [9.17, 15) is 0 Å². The van der Waals surface area contributed by atoms with Crippen molar-refractivity contribution in [2.45, 2.75) is 65.6 Å². The van der Waals surface area contributed by atoms with E-state index < -0.39 is 0 Å². The zero-order chi connectivity index (χ0) is 17.8. The first-order valence-corrected chi connectivity index (χ1v) is 8.95. The Balaban J connectivity index is 1.62. The molecule has 0 radical (unpaired) electrons. The topological polar surface area (TPSA) is 93.2 Å². The average Bonchev–Trinajstić information content (AvgIpc) is 3.18. The first-order chi connectivity index (χ1) is 12.0. The molecule has 0 spiro atoms. The number of hydrogen-bond acceptors (Lipinski definition) is 5. The van der Waals surface area contributed by atoms with E-state index >= 15 is 0 Å². The van der Waals surface area contributed by atoms with Crippen molar-refractivity contribution in [2.75, 3.05) is 6.54 Å². The molecule has 1 atom stereocenters. The van der Waals surface area contributed by atoms with Crippen molar-refractivity contribution in [1.82, 2.24) is 30.6 Å². The summed E-state index contributed by atoms with van der Waals surface area (Å²) in [6, 6.07) is 2.26. The fourth-order valence-electron chi connectivity index (χ4n) is 2.90. The van der Waals surface area contributed by atoms with Crippen LogP contribution in [0, 0.1) is 6.92 Å². The van der Waals surface area contributed by atoms with Gasteiger partial charge in [0.2, 0.25) is 0 Å². The minimum absolute atomic E-state index is 0.285. The molecule has 0 saturated carbocycles. The van der Waals surface area contributed by atoms with E-state index in [2.05, 4.69) is 51.6 Å². The number of hydrogen-bond donors (Lipinski definition) is 2. The maximum Gasteiger partial charge on any atom is 0.191 e. The van der Waals surface area contributed by atoms with Crippen molar-refractivity contribution < 1.29 is 4.52 Å². The highest BCUT2D eigenvalue weighted by Crippen LogP contribution is 2.15. The van der Waals surface area contributed by atoms with E-state index in [0.717, 1.165) is 55.0 Å². The second kappa shape index (κ2) is 7.67. The van der Waals surface area contributed by atoms with Crippen LogP contribution in [0.3, 0.4) is 0 Å². The van der Waals surface area contributed by atoms with Crippen molar-refractivity contribution >= 4 is 5.96 Å². The highest BCUT2D eigenvalue weighted by atomic mass is 16.5. The Hall–Kier alpha value is -2.38. The van der Waals surface area contributed by atoms with Crippen LogP contribution < -0.4 is 10.6 Å². The molecule has 8 nitrogen and oxygen atoms in total. The number of rotatable bonds is 5. The molecule has 0 saturated heterocycles. The van der Waals surface area contributed by atoms with Crippen LogP contribution in [-0.4, -0.2) is 38.5 Å². The number of aryl methyl sites for hydroxylation is 2. The van der Waals surface area contributed by atoms with E-state index in [1.54, 1.807) is 0 Å². The summed E-state index contributed by atoms with van der Waals surface area (Å²) in [5.74, 6) is 3.83. The molecule has 0 fully saturated rings. The third kappa shape index (κ3) is 4.37. The maximum absolute atomic E-state index is 5.36. The smallest absolute Gasteiger partial charge is 0.191 e. The molecule has 2 N–H and O–H groups in total. The van der Waals surface area contributed by atoms with E-state index in [1.165, 1.54) is 0 Å². The van der Waals surface area contributed by atoms with Gasteiger partial charge in [-0.1, -0.05) is 19.0 Å². The number of aliphatic imine (C=N–C) groups is 1. The molecule has 136 valence electrons. The van der Waals surface area contributed by atoms with Gasteiger partial charge in [-0.25, -0.2) is 14.7 Å². The van der Waals surface area contributed by atoms with Gasteiger partial charge in [-0.15, -0.1) is 0 Å². The van der Waals surface area contributed by atoms with Crippen molar-refractivity contribution in [3.05, 3.63) is 29.2 Å². The lowest BCUT2D eigenvalue weighted by Crippen LogP contribution is -2.47. The molecule has 3 heterocycles. The van der Waals surface area contributed by atoms with Gasteiger partial charge in [-0.2, -0.15) is 5.10 Å². The number of nitrogens with zero attached hydrogens (tertiary/aromatic N) is 5. The van der Waals surface area contributed by atoms with E-state index in [0.29, 0.717) is 12.5 Å². The monoisotopic (exact) mass is 345 g/mol. The summed E-state index contributed by atoms with van der Waals surface area (Å²) in [5, 5.41) is 15.3. The number of fused-ring (bicyclic) bond motifs is 1. The minimum Gasteiger partial charge on any atom is -0.359 e. The van der Waals surface area contributed by atoms with Crippen LogP contribution in [0.4, 0.5) is 0 Å². The highest BCUT2D eigenvalue weighted by molar-refractivity contribution is 5.80. The quantitative estimate of drug-likeness (QED) is 0.634. The number of guanidine groups is 1. The lowest BCUT2D eigenvalue weighted by molar-refractivity contribution is 0.375. The minimum atomic E-state index is 0.285. The van der Waals surface area contributed by atoms with E-state index in [4.69, 9.17) is 4.52 Å². The first-order valence-electron chi connectivity index (χ1n) is 8.95. The standard InChI is InChI=1S/C17H27N7O/c1-5-18-17(19-9-14-8-15(11(2)3)23-25-14)21-13-6-7-16-20-12(4)22-24(16)10-13/h8,11,13H,5-7,9-10H2,1-4H3,(H2,18,19,21). The molecule has 1 aliphatic rings. The Bertz CT molecular complexity index is 731. The van der Waals surface area contributed by atoms with Crippen LogP contribution in [0.15, 0.2) is 15.6 Å². The Morgan fingerprint density at radius 2 is 2.32 bits per heavy atom. The Morgan fingerprint density at radius 3 is 3.04 bits per heavy atom. The molecule has 3 rings (SSSR count). The van der Waals surface area contributed by atoms with E-state index in [1.807, 2.05) is 17.7 Å². The van der Waals surface area contributed by atoms with Gasteiger partial charge in [-0.05, 0) is 26.2 Å². The summed E-state index contributed by atoms with van der Waals surface area (Å²) in [7, 11) is 0. The SMILES string of the molecule is CCNC(=NCc1cc(C(C)C)no1)NC1CCc2nc(C)nn2C1. The molecule has 1 aliphatic heterocycles. The Kier molecular flexibility index (Phi) is 5.35. The second-order valence-electron chi connectivity index (χ2n) is 6.71. The molecule has 2 aromatic rings. The van der Waals surface area contributed by atoms with Crippen LogP contribution >= 0.6 is 0 Å². The number of nitrogens with one attached hydrogen (secondary N) is 2. The third-order valence-electron chi connectivity index (χ3n) is 4.21. The maximum atomic E-state index is 5.36. The lowest BCUT2D eigenvalue weighted by Gasteiger charge is -2.25. The lowest BCUT2D eigenvalue weighted by atomic mass is 10.1. The molecule has 1 unspecified atom stereocenters. The molecular weight excluding hydrogens is 318 g/mol. The van der Waals surface area contributed by atoms with Gasteiger partial charge in [0.05, 0.1) is 12.2 Å². The Morgan fingerprint density at radius 1 is 1.48 bits per heavy atom. The van der Waals surface area contributed by atoms with Gasteiger partial charge in [0, 0.05) is 25.1 Å². The van der Waals surface area contributed by atoms with Gasteiger partial charge in [0.15, 0.2) is 11.7 Å². The van der Waals surface area contributed by atoms with Gasteiger partial charge in [0.25, 0.3) is 0 Å². The largest absolute Gasteiger partial charge is 0.359 e. The van der Waals surface area contributed by atoms with Crippen molar-refractivity contribution in [3.63, 3.8) is 0 Å². The van der Waals surface area contributed by atoms with Crippen LogP contribution in [0.5, 0.6) is 0 Å². The van der Waals surface area contributed by atoms with Gasteiger partial charge in [-0.3, -0.25) is 0 Å². The first kappa shape index (κ1) is 17.4. The third-order valence-corrected chi connectivity index (χ3v) is 4.21. The average molecular weight is 345 g/mol. The molecule has 0 aromatic carbocycles. The summed E-state index contributed by atoms with van der Waals surface area (Å²) in [6.45, 7) is 10.3. The second-order valence-corrected chi connectivity index (χ2v) is 6.71. The predicted molar refractivity (Wildman–Crippen MR) is 95.4 cm³/mol. The molecule has 0 aliphatic carbocycles. The molecule has 0 amide bonds. The summed E-state index contributed by atoms with van der Waals surface area (Å²) in [6.07, 6.45) is 1.94. The van der Waals surface area contributed by atoms with Gasteiger partial charge in [0.1, 0.15) is 18.2 Å². The van der Waals surface area contributed by atoms with Crippen molar-refractivity contribution in [3.8, 4) is 0 Å². The molecule has 0 bridgehead atoms. The van der Waals surface area contributed by atoms with Gasteiger partial charge >= 0.3 is 0 Å². The molecule has 8 heteroatoms. The predicted octanol–water partition coefficient (Wildman–Crippen LogP) is 1.77. The fourth-order valence-corrected chi connectivity index (χ4v) is 2.90. The summed E-state index contributed by atoms with van der Waals surface area (Å²) in [4.78, 5) is 9.08. The highest BCUT2D eigenvalue weighted by Gasteiger charge is 2.21. The molecule has 2 aromatic heterocycles. The summed E-state index contributed by atoms with van der Waals surface area (Å²) < 4.78 is 7.35. The van der Waals surface area contributed by atoms with Gasteiger partial charge < -0.3 is 15.2 Å². The van der Waals surface area contributed by atoms with E-state index in [-0.39, 0.29) is 6.04 Å². The fraction of sp³-hybridized carbons (Fsp3) is 0.647. The zero-order valence-corrected chi connectivity index (χ0v) is 15.4. The van der Waals surface area contributed by atoms with Crippen molar-refractivity contribution in [2.24, 2.45) is 4.99 Å². The Labute approximate surface area is 148 Å². The van der Waals surface area contributed by atoms with Crippen LogP contribution in [-0.2, 0) is 19.5 Å².